The summed E-state index contributed by atoms with van der Waals surface area (Å²) in [5.41, 5.74) is -0.273. The largest absolute Gasteiger partial charge is 0.481 e. The Bertz CT molecular complexity index is 521. The molecular formula is C15H22N2O3. The van der Waals surface area contributed by atoms with Crippen molar-refractivity contribution in [3.8, 4) is 0 Å². The van der Waals surface area contributed by atoms with Gasteiger partial charge in [-0.2, -0.15) is 0 Å². The monoisotopic (exact) mass is 278 g/mol. The van der Waals surface area contributed by atoms with Crippen LogP contribution in [-0.2, 0) is 4.79 Å². The lowest BCUT2D eigenvalue weighted by atomic mass is 9.85. The Morgan fingerprint density at radius 1 is 1.50 bits per heavy atom. The van der Waals surface area contributed by atoms with E-state index in [4.69, 9.17) is 0 Å². The molecule has 1 aromatic rings. The maximum absolute atomic E-state index is 12.4. The van der Waals surface area contributed by atoms with Crippen molar-refractivity contribution in [2.45, 2.75) is 52.1 Å². The molecule has 1 aliphatic rings. The van der Waals surface area contributed by atoms with Crippen LogP contribution in [0, 0.1) is 5.41 Å². The van der Waals surface area contributed by atoms with Crippen LogP contribution < -0.4 is 5.32 Å². The number of aliphatic carboxylic acids is 1. The zero-order chi connectivity index (χ0) is 14.9. The third-order valence-corrected chi connectivity index (χ3v) is 4.32. The van der Waals surface area contributed by atoms with E-state index in [1.165, 1.54) is 0 Å². The fourth-order valence-electron chi connectivity index (χ4n) is 2.92. The predicted molar refractivity (Wildman–Crippen MR) is 75.7 cm³/mol. The van der Waals surface area contributed by atoms with E-state index in [0.717, 1.165) is 12.8 Å². The minimum atomic E-state index is -0.856. The number of carbonyl (C=O) groups is 2. The second-order valence-electron chi connectivity index (χ2n) is 6.04. The Morgan fingerprint density at radius 2 is 2.20 bits per heavy atom. The van der Waals surface area contributed by atoms with Crippen molar-refractivity contribution in [2.75, 3.05) is 0 Å². The fraction of sp³-hybridized carbons (Fsp3) is 0.600. The molecule has 0 spiro atoms. The van der Waals surface area contributed by atoms with Gasteiger partial charge in [-0.25, -0.2) is 0 Å². The number of carbonyl (C=O) groups excluding carboxylic acids is 1. The lowest BCUT2D eigenvalue weighted by Crippen LogP contribution is -2.47. The number of nitrogens with zero attached hydrogens (tertiary/aromatic N) is 1. The van der Waals surface area contributed by atoms with Gasteiger partial charge in [0.15, 0.2) is 0 Å². The first-order valence-corrected chi connectivity index (χ1v) is 7.07. The molecule has 2 atom stereocenters. The van der Waals surface area contributed by atoms with Crippen LogP contribution in [0.25, 0.3) is 0 Å². The minimum absolute atomic E-state index is 0.192. The predicted octanol–water partition coefficient (Wildman–Crippen LogP) is 2.44. The van der Waals surface area contributed by atoms with E-state index >= 15 is 0 Å². The molecule has 2 N–H and O–H groups in total. The first kappa shape index (κ1) is 14.6. The van der Waals surface area contributed by atoms with Crippen LogP contribution in [0.5, 0.6) is 0 Å². The minimum Gasteiger partial charge on any atom is -0.481 e. The van der Waals surface area contributed by atoms with Gasteiger partial charge in [0.2, 0.25) is 0 Å². The Morgan fingerprint density at radius 3 is 2.80 bits per heavy atom. The zero-order valence-electron chi connectivity index (χ0n) is 12.2. The Labute approximate surface area is 119 Å². The average Bonchev–Trinajstić information content (AvgIpc) is 2.97. The van der Waals surface area contributed by atoms with E-state index in [1.807, 2.05) is 30.7 Å². The summed E-state index contributed by atoms with van der Waals surface area (Å²) in [6, 6.07) is 3.49. The summed E-state index contributed by atoms with van der Waals surface area (Å²) in [4.78, 5) is 23.8. The highest BCUT2D eigenvalue weighted by molar-refractivity contribution is 5.93. The topological polar surface area (TPSA) is 71.3 Å². The second kappa shape index (κ2) is 5.31. The van der Waals surface area contributed by atoms with Crippen molar-refractivity contribution in [2.24, 2.45) is 5.41 Å². The molecule has 0 saturated heterocycles. The molecule has 1 saturated carbocycles. The highest BCUT2D eigenvalue weighted by Crippen LogP contribution is 2.38. The van der Waals surface area contributed by atoms with Gasteiger partial charge in [0.05, 0.1) is 5.41 Å². The number of carboxylic acids is 1. The van der Waals surface area contributed by atoms with Crippen molar-refractivity contribution in [1.29, 1.82) is 0 Å². The third-order valence-electron chi connectivity index (χ3n) is 4.32. The quantitative estimate of drug-likeness (QED) is 0.888. The van der Waals surface area contributed by atoms with E-state index in [1.54, 1.807) is 13.0 Å². The van der Waals surface area contributed by atoms with Gasteiger partial charge in [0.25, 0.3) is 5.91 Å². The fourth-order valence-corrected chi connectivity index (χ4v) is 2.92. The van der Waals surface area contributed by atoms with E-state index in [-0.39, 0.29) is 18.0 Å². The lowest BCUT2D eigenvalue weighted by molar-refractivity contribution is -0.148. The molecule has 1 fully saturated rings. The summed E-state index contributed by atoms with van der Waals surface area (Å²) in [7, 11) is 0. The van der Waals surface area contributed by atoms with E-state index in [9.17, 15) is 14.7 Å². The van der Waals surface area contributed by atoms with Crippen molar-refractivity contribution in [3.63, 3.8) is 0 Å². The highest BCUT2D eigenvalue weighted by atomic mass is 16.4. The van der Waals surface area contributed by atoms with Crippen molar-refractivity contribution < 1.29 is 14.7 Å². The van der Waals surface area contributed by atoms with Crippen molar-refractivity contribution in [3.05, 3.63) is 24.0 Å². The first-order valence-electron chi connectivity index (χ1n) is 7.07. The maximum Gasteiger partial charge on any atom is 0.311 e. The summed E-state index contributed by atoms with van der Waals surface area (Å²) in [6.45, 7) is 5.73. The molecule has 1 amide bonds. The molecule has 0 aromatic carbocycles. The summed E-state index contributed by atoms with van der Waals surface area (Å²) in [5, 5.41) is 12.3. The van der Waals surface area contributed by atoms with Crippen LogP contribution >= 0.6 is 0 Å². The molecule has 0 radical (unpaired) electrons. The van der Waals surface area contributed by atoms with Gasteiger partial charge in [-0.05, 0) is 45.7 Å². The summed E-state index contributed by atoms with van der Waals surface area (Å²) < 4.78 is 1.89. The molecule has 1 heterocycles. The Kier molecular flexibility index (Phi) is 3.88. The molecule has 5 nitrogen and oxygen atoms in total. The number of nitrogens with one attached hydrogen (secondary N) is 1. The smallest absolute Gasteiger partial charge is 0.311 e. The molecule has 5 heteroatoms. The van der Waals surface area contributed by atoms with Gasteiger partial charge in [-0.3, -0.25) is 9.59 Å². The SMILES string of the molecule is CC(C)n1cccc1C(=O)NC1CCCC1(C)C(=O)O. The molecule has 1 aliphatic carbocycles. The number of amides is 1. The van der Waals surface area contributed by atoms with Crippen LogP contribution in [0.4, 0.5) is 0 Å². The number of hydrogen-bond acceptors (Lipinski definition) is 2. The normalized spacial score (nSPS) is 25.9. The van der Waals surface area contributed by atoms with Crippen LogP contribution in [-0.4, -0.2) is 27.6 Å². The van der Waals surface area contributed by atoms with E-state index in [2.05, 4.69) is 5.32 Å². The number of aromatic nitrogens is 1. The third kappa shape index (κ3) is 2.44. The average molecular weight is 278 g/mol. The lowest BCUT2D eigenvalue weighted by Gasteiger charge is -2.28. The first-order chi connectivity index (χ1) is 9.36. The Hall–Kier alpha value is -1.78. The number of hydrogen-bond donors (Lipinski definition) is 2. The highest BCUT2D eigenvalue weighted by Gasteiger charge is 2.46. The summed E-state index contributed by atoms with van der Waals surface area (Å²) in [6.07, 6.45) is 4.03. The number of carboxylic acid groups (broad SMARTS) is 1. The van der Waals surface area contributed by atoms with Crippen LogP contribution in [0.15, 0.2) is 18.3 Å². The molecule has 2 unspecified atom stereocenters. The van der Waals surface area contributed by atoms with Crippen LogP contribution in [0.2, 0.25) is 0 Å². The van der Waals surface area contributed by atoms with Gasteiger partial charge in [-0.15, -0.1) is 0 Å². The molecular weight excluding hydrogens is 256 g/mol. The zero-order valence-corrected chi connectivity index (χ0v) is 12.2. The van der Waals surface area contributed by atoms with Crippen LogP contribution in [0.1, 0.15) is 56.6 Å². The standard InChI is InChI=1S/C15H22N2O3/c1-10(2)17-9-5-6-11(17)13(18)16-12-7-4-8-15(12,3)14(19)20/h5-6,9-10,12H,4,7-8H2,1-3H3,(H,16,18)(H,19,20). The molecule has 0 aliphatic heterocycles. The van der Waals surface area contributed by atoms with Gasteiger partial charge in [0.1, 0.15) is 5.69 Å². The second-order valence-corrected chi connectivity index (χ2v) is 6.04. The summed E-state index contributed by atoms with van der Waals surface area (Å²) in [5.74, 6) is -1.03. The molecule has 110 valence electrons. The van der Waals surface area contributed by atoms with Gasteiger partial charge >= 0.3 is 5.97 Å². The van der Waals surface area contributed by atoms with Gasteiger partial charge in [0, 0.05) is 18.3 Å². The maximum atomic E-state index is 12.4. The Balaban J connectivity index is 2.16. The molecule has 2 rings (SSSR count). The molecule has 1 aromatic heterocycles. The van der Waals surface area contributed by atoms with E-state index < -0.39 is 11.4 Å². The van der Waals surface area contributed by atoms with Crippen molar-refractivity contribution in [1.82, 2.24) is 9.88 Å². The summed E-state index contributed by atoms with van der Waals surface area (Å²) >= 11 is 0. The van der Waals surface area contributed by atoms with E-state index in [0.29, 0.717) is 12.1 Å². The van der Waals surface area contributed by atoms with Crippen LogP contribution in [0.3, 0.4) is 0 Å². The number of rotatable bonds is 4. The molecule has 0 bridgehead atoms. The van der Waals surface area contributed by atoms with Gasteiger partial charge in [-0.1, -0.05) is 6.42 Å². The van der Waals surface area contributed by atoms with Gasteiger partial charge < -0.3 is 15.0 Å². The van der Waals surface area contributed by atoms with Crippen molar-refractivity contribution >= 4 is 11.9 Å². The molecule has 20 heavy (non-hydrogen) atoms.